The molecule has 138 valence electrons. The average Bonchev–Trinajstić information content (AvgIpc) is 3.33. The summed E-state index contributed by atoms with van der Waals surface area (Å²) in [5, 5.41) is 5.43. The minimum atomic E-state index is -0.382. The number of esters is 1. The van der Waals surface area contributed by atoms with E-state index < -0.39 is 0 Å². The number of nitrogens with zero attached hydrogens (tertiary/aromatic N) is 1. The van der Waals surface area contributed by atoms with E-state index in [1.807, 2.05) is 23.6 Å². The Morgan fingerprint density at radius 2 is 2.07 bits per heavy atom. The van der Waals surface area contributed by atoms with E-state index in [2.05, 4.69) is 10.3 Å². The van der Waals surface area contributed by atoms with Crippen LogP contribution < -0.4 is 5.32 Å². The third-order valence-electron chi connectivity index (χ3n) is 3.52. The Labute approximate surface area is 160 Å². The van der Waals surface area contributed by atoms with E-state index >= 15 is 0 Å². The zero-order valence-electron chi connectivity index (χ0n) is 14.7. The lowest BCUT2D eigenvalue weighted by Crippen LogP contribution is -2.14. The average molecular weight is 382 g/mol. The van der Waals surface area contributed by atoms with E-state index in [-0.39, 0.29) is 18.3 Å². The first-order chi connectivity index (χ1) is 13.1. The molecule has 6 nitrogen and oxygen atoms in total. The van der Waals surface area contributed by atoms with Crippen LogP contribution in [-0.2, 0) is 20.7 Å². The van der Waals surface area contributed by atoms with Gasteiger partial charge in [-0.1, -0.05) is 12.1 Å². The Morgan fingerprint density at radius 1 is 1.26 bits per heavy atom. The molecule has 1 amide bonds. The van der Waals surface area contributed by atoms with Crippen molar-refractivity contribution in [2.75, 3.05) is 11.9 Å². The summed E-state index contributed by atoms with van der Waals surface area (Å²) >= 11 is 1.44. The van der Waals surface area contributed by atoms with Crippen LogP contribution in [0.3, 0.4) is 0 Å². The Bertz CT molecular complexity index is 927. The lowest BCUT2D eigenvalue weighted by Gasteiger charge is -2.04. The molecular formula is C20H18N2O4S. The van der Waals surface area contributed by atoms with Crippen LogP contribution in [0, 0.1) is 0 Å². The first-order valence-corrected chi connectivity index (χ1v) is 9.25. The maximum absolute atomic E-state index is 12.2. The molecule has 0 aliphatic carbocycles. The van der Waals surface area contributed by atoms with Gasteiger partial charge in [-0.15, -0.1) is 11.3 Å². The normalized spacial score (nSPS) is 10.9. The molecule has 0 aliphatic rings. The van der Waals surface area contributed by atoms with Gasteiger partial charge in [-0.2, -0.15) is 0 Å². The van der Waals surface area contributed by atoms with Crippen LogP contribution in [-0.4, -0.2) is 23.5 Å². The number of amides is 1. The van der Waals surface area contributed by atoms with Crippen molar-refractivity contribution in [3.05, 3.63) is 65.4 Å². The van der Waals surface area contributed by atoms with Gasteiger partial charge in [0.1, 0.15) is 0 Å². The predicted molar refractivity (Wildman–Crippen MR) is 104 cm³/mol. The third kappa shape index (κ3) is 5.39. The van der Waals surface area contributed by atoms with Crippen molar-refractivity contribution in [2.45, 2.75) is 13.3 Å². The molecule has 3 aromatic rings. The zero-order chi connectivity index (χ0) is 19.1. The first kappa shape index (κ1) is 18.6. The molecule has 2 heterocycles. The number of anilines is 1. The Balaban J connectivity index is 1.54. The molecule has 0 spiro atoms. The second kappa shape index (κ2) is 8.95. The third-order valence-corrected chi connectivity index (χ3v) is 4.42. The highest BCUT2D eigenvalue weighted by Crippen LogP contribution is 2.24. The molecule has 27 heavy (non-hydrogen) atoms. The number of rotatable bonds is 7. The number of hydrogen-bond acceptors (Lipinski definition) is 6. The van der Waals surface area contributed by atoms with E-state index in [0.29, 0.717) is 23.7 Å². The summed E-state index contributed by atoms with van der Waals surface area (Å²) in [6.07, 6.45) is 4.81. The van der Waals surface area contributed by atoms with Crippen LogP contribution in [0.15, 0.2) is 58.5 Å². The van der Waals surface area contributed by atoms with Gasteiger partial charge < -0.3 is 14.5 Å². The van der Waals surface area contributed by atoms with E-state index in [0.717, 1.165) is 10.6 Å². The van der Waals surface area contributed by atoms with Gasteiger partial charge in [-0.3, -0.25) is 4.79 Å². The first-order valence-electron chi connectivity index (χ1n) is 8.37. The van der Waals surface area contributed by atoms with Crippen molar-refractivity contribution in [1.29, 1.82) is 0 Å². The fourth-order valence-electron chi connectivity index (χ4n) is 2.30. The van der Waals surface area contributed by atoms with Gasteiger partial charge in [0.05, 0.1) is 25.0 Å². The van der Waals surface area contributed by atoms with Gasteiger partial charge in [0.25, 0.3) is 0 Å². The Morgan fingerprint density at radius 3 is 2.78 bits per heavy atom. The summed E-state index contributed by atoms with van der Waals surface area (Å²) in [5.74, 6) is 0.159. The van der Waals surface area contributed by atoms with Gasteiger partial charge in [0.15, 0.2) is 10.8 Å². The summed E-state index contributed by atoms with van der Waals surface area (Å²) < 4.78 is 10.1. The number of carbonyl (C=O) groups excluding carboxylic acids is 2. The summed E-state index contributed by atoms with van der Waals surface area (Å²) in [7, 11) is 0. The van der Waals surface area contributed by atoms with Gasteiger partial charge in [-0.05, 0) is 42.8 Å². The molecule has 0 saturated carbocycles. The second-order valence-electron chi connectivity index (χ2n) is 5.55. The maximum atomic E-state index is 12.2. The number of furan rings is 1. The number of benzene rings is 1. The van der Waals surface area contributed by atoms with Crippen molar-refractivity contribution in [3.63, 3.8) is 0 Å². The van der Waals surface area contributed by atoms with Crippen LogP contribution in [0.1, 0.15) is 18.2 Å². The minimum absolute atomic E-state index is 0.152. The van der Waals surface area contributed by atoms with Crippen LogP contribution in [0.5, 0.6) is 0 Å². The van der Waals surface area contributed by atoms with Crippen molar-refractivity contribution in [1.82, 2.24) is 4.98 Å². The van der Waals surface area contributed by atoms with Gasteiger partial charge >= 0.3 is 5.97 Å². The molecular weight excluding hydrogens is 364 g/mol. The molecule has 7 heteroatoms. The molecule has 2 aromatic heterocycles. The highest BCUT2D eigenvalue weighted by atomic mass is 32.1. The Kier molecular flexibility index (Phi) is 6.17. The molecule has 1 N–H and O–H groups in total. The summed E-state index contributed by atoms with van der Waals surface area (Å²) in [5.41, 5.74) is 2.20. The highest BCUT2D eigenvalue weighted by Gasteiger charge is 2.10. The number of aromatic nitrogens is 1. The fraction of sp³-hybridized carbons (Fsp3) is 0.150. The molecule has 0 atom stereocenters. The van der Waals surface area contributed by atoms with Crippen molar-refractivity contribution in [3.8, 4) is 10.8 Å². The van der Waals surface area contributed by atoms with Crippen LogP contribution >= 0.6 is 11.3 Å². The van der Waals surface area contributed by atoms with Crippen molar-refractivity contribution >= 4 is 35.0 Å². The molecule has 3 rings (SSSR count). The standard InChI is InChI=1S/C20H18N2O4S/c1-2-25-19(24)10-7-14-5-8-15(9-6-14)21-18(23)12-16-13-27-20(22-16)17-4-3-11-26-17/h3-11,13H,2,12H2,1H3,(H,21,23)/b10-7+. The zero-order valence-corrected chi connectivity index (χ0v) is 15.5. The molecule has 0 bridgehead atoms. The monoisotopic (exact) mass is 382 g/mol. The fourth-order valence-corrected chi connectivity index (χ4v) is 3.09. The number of carbonyl (C=O) groups is 2. The predicted octanol–water partition coefficient (Wildman–Crippen LogP) is 4.16. The van der Waals surface area contributed by atoms with Gasteiger partial charge in [0.2, 0.25) is 5.91 Å². The van der Waals surface area contributed by atoms with E-state index in [1.165, 1.54) is 17.4 Å². The van der Waals surface area contributed by atoms with Crippen molar-refractivity contribution in [2.24, 2.45) is 0 Å². The quantitative estimate of drug-likeness (QED) is 0.490. The van der Waals surface area contributed by atoms with Crippen LogP contribution in [0.25, 0.3) is 16.8 Å². The molecule has 0 aliphatic heterocycles. The summed E-state index contributed by atoms with van der Waals surface area (Å²) in [6.45, 7) is 2.10. The number of hydrogen-bond donors (Lipinski definition) is 1. The maximum Gasteiger partial charge on any atom is 0.330 e. The van der Waals surface area contributed by atoms with Gasteiger partial charge in [-0.25, -0.2) is 9.78 Å². The van der Waals surface area contributed by atoms with Crippen molar-refractivity contribution < 1.29 is 18.7 Å². The number of thiazole rings is 1. The van der Waals surface area contributed by atoms with E-state index in [1.54, 1.807) is 37.5 Å². The smallest absolute Gasteiger partial charge is 0.330 e. The second-order valence-corrected chi connectivity index (χ2v) is 6.41. The van der Waals surface area contributed by atoms with E-state index in [4.69, 9.17) is 9.15 Å². The molecule has 0 fully saturated rings. The summed E-state index contributed by atoms with van der Waals surface area (Å²) in [6, 6.07) is 10.8. The molecule has 1 aromatic carbocycles. The SMILES string of the molecule is CCOC(=O)/C=C/c1ccc(NC(=O)Cc2csc(-c3ccco3)n2)cc1. The topological polar surface area (TPSA) is 81.4 Å². The van der Waals surface area contributed by atoms with Gasteiger partial charge in [0, 0.05) is 17.1 Å². The lowest BCUT2D eigenvalue weighted by molar-refractivity contribution is -0.137. The Hall–Kier alpha value is -3.19. The van der Waals surface area contributed by atoms with E-state index in [9.17, 15) is 9.59 Å². The minimum Gasteiger partial charge on any atom is -0.463 e. The molecule has 0 radical (unpaired) electrons. The number of ether oxygens (including phenoxy) is 1. The summed E-state index contributed by atoms with van der Waals surface area (Å²) in [4.78, 5) is 27.9. The largest absolute Gasteiger partial charge is 0.463 e. The van der Waals surface area contributed by atoms with Crippen LogP contribution in [0.2, 0.25) is 0 Å². The van der Waals surface area contributed by atoms with Crippen LogP contribution in [0.4, 0.5) is 5.69 Å². The number of nitrogens with one attached hydrogen (secondary N) is 1. The molecule has 0 unspecified atom stereocenters. The molecule has 0 saturated heterocycles. The highest BCUT2D eigenvalue weighted by molar-refractivity contribution is 7.13. The lowest BCUT2D eigenvalue weighted by atomic mass is 10.2.